The molecule has 0 spiro atoms. The van der Waals surface area contributed by atoms with Crippen LogP contribution in [0.1, 0.15) is 49.7 Å². The average molecular weight is 420 g/mol. The largest absolute Gasteiger partial charge is 0.481 e. The van der Waals surface area contributed by atoms with Gasteiger partial charge in [-0.05, 0) is 41.5 Å². The van der Waals surface area contributed by atoms with Gasteiger partial charge in [-0.1, -0.05) is 61.4 Å². The van der Waals surface area contributed by atoms with E-state index in [9.17, 15) is 14.7 Å². The Morgan fingerprint density at radius 3 is 2.29 bits per heavy atom. The van der Waals surface area contributed by atoms with Gasteiger partial charge in [0.25, 0.3) is 0 Å². The summed E-state index contributed by atoms with van der Waals surface area (Å²) in [5.74, 6) is -0.599. The highest BCUT2D eigenvalue weighted by Gasteiger charge is 2.15. The van der Waals surface area contributed by atoms with Gasteiger partial charge in [-0.15, -0.1) is 0 Å². The SMILES string of the molecule is O=C(O)CCCCCCC(=O)Cc1cnc2c(CCO)cccc2c1-c1ccccc1. The molecule has 0 unspecified atom stereocenters. The number of nitrogens with zero attached hydrogens (tertiary/aromatic N) is 1. The standard InChI is InChI=1S/C26H29NO4/c28-16-15-20-11-8-13-23-25(19-9-4-3-5-10-19)21(18-27-26(20)23)17-22(29)12-6-1-2-7-14-24(30)31/h3-5,8-11,13,18,28H,1-2,6-7,12,14-17H2,(H,30,31). The first-order valence-electron chi connectivity index (χ1n) is 10.9. The third kappa shape index (κ3) is 6.22. The molecule has 5 heteroatoms. The highest BCUT2D eigenvalue weighted by Crippen LogP contribution is 2.33. The Labute approximate surface area is 182 Å². The molecule has 0 saturated heterocycles. The summed E-state index contributed by atoms with van der Waals surface area (Å²) in [4.78, 5) is 27.9. The van der Waals surface area contributed by atoms with Crippen molar-refractivity contribution in [1.29, 1.82) is 0 Å². The van der Waals surface area contributed by atoms with E-state index >= 15 is 0 Å². The molecule has 0 amide bonds. The number of hydrogen-bond acceptors (Lipinski definition) is 4. The number of carbonyl (C=O) groups is 2. The minimum absolute atomic E-state index is 0.0637. The summed E-state index contributed by atoms with van der Waals surface area (Å²) in [7, 11) is 0. The van der Waals surface area contributed by atoms with E-state index in [1.54, 1.807) is 6.20 Å². The number of Topliss-reactive ketones (excluding diaryl/α,β-unsaturated/α-hetero) is 1. The molecule has 2 N–H and O–H groups in total. The molecule has 31 heavy (non-hydrogen) atoms. The molecule has 162 valence electrons. The summed E-state index contributed by atoms with van der Waals surface area (Å²) in [5.41, 5.74) is 4.85. The maximum atomic E-state index is 12.7. The van der Waals surface area contributed by atoms with E-state index < -0.39 is 5.97 Å². The van der Waals surface area contributed by atoms with Crippen LogP contribution in [-0.2, 0) is 22.4 Å². The molecule has 0 radical (unpaired) electrons. The first-order valence-corrected chi connectivity index (χ1v) is 10.9. The Morgan fingerprint density at radius 1 is 0.839 bits per heavy atom. The molecule has 0 atom stereocenters. The van der Waals surface area contributed by atoms with E-state index in [1.807, 2.05) is 48.5 Å². The number of benzene rings is 2. The number of aliphatic carboxylic acids is 1. The fourth-order valence-corrected chi connectivity index (χ4v) is 3.98. The van der Waals surface area contributed by atoms with Gasteiger partial charge in [0.05, 0.1) is 5.52 Å². The normalized spacial score (nSPS) is 11.0. The number of aromatic nitrogens is 1. The van der Waals surface area contributed by atoms with Crippen LogP contribution in [0.25, 0.3) is 22.0 Å². The van der Waals surface area contributed by atoms with Crippen molar-refractivity contribution in [2.24, 2.45) is 0 Å². The Balaban J connectivity index is 1.80. The van der Waals surface area contributed by atoms with Crippen LogP contribution >= 0.6 is 0 Å². The van der Waals surface area contributed by atoms with Crippen LogP contribution in [0.4, 0.5) is 0 Å². The number of unbranched alkanes of at least 4 members (excludes halogenated alkanes) is 3. The molecule has 0 aliphatic heterocycles. The first-order chi connectivity index (χ1) is 15.1. The fourth-order valence-electron chi connectivity index (χ4n) is 3.98. The van der Waals surface area contributed by atoms with Crippen molar-refractivity contribution in [3.8, 4) is 11.1 Å². The molecule has 0 saturated carbocycles. The molecular formula is C26H29NO4. The van der Waals surface area contributed by atoms with E-state index in [0.717, 1.165) is 52.4 Å². The van der Waals surface area contributed by atoms with Crippen molar-refractivity contribution in [1.82, 2.24) is 4.98 Å². The Kier molecular flexibility index (Phi) is 8.30. The maximum Gasteiger partial charge on any atom is 0.303 e. The summed E-state index contributed by atoms with van der Waals surface area (Å²) >= 11 is 0. The van der Waals surface area contributed by atoms with Crippen molar-refractivity contribution < 1.29 is 19.8 Å². The molecule has 0 fully saturated rings. The van der Waals surface area contributed by atoms with Crippen molar-refractivity contribution in [2.75, 3.05) is 6.61 Å². The van der Waals surface area contributed by atoms with Crippen molar-refractivity contribution in [3.05, 3.63) is 65.9 Å². The summed E-state index contributed by atoms with van der Waals surface area (Å²) in [6.45, 7) is 0.0637. The van der Waals surface area contributed by atoms with Gasteiger partial charge < -0.3 is 10.2 Å². The molecular weight excluding hydrogens is 390 g/mol. The molecule has 0 bridgehead atoms. The smallest absolute Gasteiger partial charge is 0.303 e. The lowest BCUT2D eigenvalue weighted by molar-refractivity contribution is -0.137. The molecule has 3 aromatic rings. The highest BCUT2D eigenvalue weighted by molar-refractivity contribution is 5.99. The van der Waals surface area contributed by atoms with E-state index in [-0.39, 0.29) is 18.8 Å². The van der Waals surface area contributed by atoms with E-state index in [4.69, 9.17) is 5.11 Å². The number of carboxylic acids is 1. The van der Waals surface area contributed by atoms with Crippen molar-refractivity contribution in [2.45, 2.75) is 51.4 Å². The van der Waals surface area contributed by atoms with Gasteiger partial charge in [0.2, 0.25) is 0 Å². The number of para-hydroxylation sites is 1. The monoisotopic (exact) mass is 419 g/mol. The number of carbonyl (C=O) groups excluding carboxylic acids is 1. The zero-order valence-electron chi connectivity index (χ0n) is 17.7. The van der Waals surface area contributed by atoms with Gasteiger partial charge in [0.1, 0.15) is 5.78 Å². The van der Waals surface area contributed by atoms with Crippen LogP contribution in [0.2, 0.25) is 0 Å². The number of pyridine rings is 1. The van der Waals surface area contributed by atoms with E-state index in [2.05, 4.69) is 4.98 Å². The van der Waals surface area contributed by atoms with Crippen molar-refractivity contribution in [3.63, 3.8) is 0 Å². The number of aliphatic hydroxyl groups is 1. The second kappa shape index (κ2) is 11.4. The molecule has 2 aromatic carbocycles. The van der Waals surface area contributed by atoms with Crippen LogP contribution in [-0.4, -0.2) is 33.6 Å². The predicted molar refractivity (Wildman–Crippen MR) is 122 cm³/mol. The Bertz CT molecular complexity index is 1030. The molecule has 0 aliphatic carbocycles. The predicted octanol–water partition coefficient (Wildman–Crippen LogP) is 4.97. The number of fused-ring (bicyclic) bond motifs is 1. The number of carboxylic acid groups (broad SMARTS) is 1. The first kappa shape index (κ1) is 22.6. The van der Waals surface area contributed by atoms with Gasteiger partial charge >= 0.3 is 5.97 Å². The topological polar surface area (TPSA) is 87.5 Å². The highest BCUT2D eigenvalue weighted by atomic mass is 16.4. The number of hydrogen-bond donors (Lipinski definition) is 2. The average Bonchev–Trinajstić information content (AvgIpc) is 2.76. The third-order valence-electron chi connectivity index (χ3n) is 5.49. The third-order valence-corrected chi connectivity index (χ3v) is 5.49. The zero-order valence-corrected chi connectivity index (χ0v) is 17.7. The molecule has 1 aromatic heterocycles. The quantitative estimate of drug-likeness (QED) is 0.405. The number of aliphatic hydroxyl groups excluding tert-OH is 1. The Morgan fingerprint density at radius 2 is 1.58 bits per heavy atom. The summed E-state index contributed by atoms with van der Waals surface area (Å²) in [5, 5.41) is 19.1. The van der Waals surface area contributed by atoms with Crippen LogP contribution in [0.5, 0.6) is 0 Å². The van der Waals surface area contributed by atoms with Gasteiger partial charge in [-0.25, -0.2) is 0 Å². The minimum atomic E-state index is -0.768. The lowest BCUT2D eigenvalue weighted by Gasteiger charge is -2.15. The fraction of sp³-hybridized carbons (Fsp3) is 0.346. The Hall–Kier alpha value is -3.05. The lowest BCUT2D eigenvalue weighted by Crippen LogP contribution is -2.06. The maximum absolute atomic E-state index is 12.7. The van der Waals surface area contributed by atoms with Gasteiger partial charge in [-0.3, -0.25) is 14.6 Å². The van der Waals surface area contributed by atoms with Crippen LogP contribution in [0, 0.1) is 0 Å². The molecule has 3 rings (SSSR count). The van der Waals surface area contributed by atoms with Gasteiger partial charge in [-0.2, -0.15) is 0 Å². The second-order valence-corrected chi connectivity index (χ2v) is 7.83. The second-order valence-electron chi connectivity index (χ2n) is 7.83. The van der Waals surface area contributed by atoms with Crippen LogP contribution < -0.4 is 0 Å². The minimum Gasteiger partial charge on any atom is -0.481 e. The van der Waals surface area contributed by atoms with E-state index in [1.165, 1.54) is 0 Å². The van der Waals surface area contributed by atoms with Crippen molar-refractivity contribution >= 4 is 22.7 Å². The van der Waals surface area contributed by atoms with Crippen LogP contribution in [0.3, 0.4) is 0 Å². The zero-order chi connectivity index (χ0) is 22.1. The lowest BCUT2D eigenvalue weighted by atomic mass is 9.91. The van der Waals surface area contributed by atoms with E-state index in [0.29, 0.717) is 25.7 Å². The summed E-state index contributed by atoms with van der Waals surface area (Å²) in [6.07, 6.45) is 6.49. The molecule has 0 aliphatic rings. The molecule has 5 nitrogen and oxygen atoms in total. The van der Waals surface area contributed by atoms with Gasteiger partial charge in [0, 0.05) is 37.5 Å². The summed E-state index contributed by atoms with van der Waals surface area (Å²) in [6, 6.07) is 16.0. The van der Waals surface area contributed by atoms with Gasteiger partial charge in [0.15, 0.2) is 0 Å². The number of rotatable bonds is 12. The summed E-state index contributed by atoms with van der Waals surface area (Å²) < 4.78 is 0. The molecule has 1 heterocycles. The van der Waals surface area contributed by atoms with Crippen LogP contribution in [0.15, 0.2) is 54.7 Å². The number of ketones is 1.